The van der Waals surface area contributed by atoms with Crippen molar-refractivity contribution in [2.75, 3.05) is 6.54 Å². The molecule has 0 aliphatic carbocycles. The predicted octanol–water partition coefficient (Wildman–Crippen LogP) is 5.06. The fourth-order valence-corrected chi connectivity index (χ4v) is 2.56. The Morgan fingerprint density at radius 3 is 2.27 bits per heavy atom. The van der Waals surface area contributed by atoms with Gasteiger partial charge in [0.2, 0.25) is 0 Å². The molecular formula is C19H32N2O. The largest absolute Gasteiger partial charge is 0.317 e. The minimum Gasteiger partial charge on any atom is -0.317 e. The van der Waals surface area contributed by atoms with Gasteiger partial charge in [-0.05, 0) is 50.2 Å². The van der Waals surface area contributed by atoms with Gasteiger partial charge in [0.25, 0.3) is 0 Å². The van der Waals surface area contributed by atoms with E-state index in [2.05, 4.69) is 28.7 Å². The Labute approximate surface area is 135 Å². The van der Waals surface area contributed by atoms with Crippen LogP contribution in [0.15, 0.2) is 36.7 Å². The van der Waals surface area contributed by atoms with Crippen LogP contribution < -0.4 is 5.48 Å². The van der Waals surface area contributed by atoms with Crippen molar-refractivity contribution in [2.45, 2.75) is 70.6 Å². The van der Waals surface area contributed by atoms with Crippen LogP contribution in [0.1, 0.15) is 69.8 Å². The van der Waals surface area contributed by atoms with Gasteiger partial charge in [0, 0.05) is 18.9 Å². The van der Waals surface area contributed by atoms with Gasteiger partial charge in [-0.2, -0.15) is 0 Å². The highest BCUT2D eigenvalue weighted by atomic mass is 16.5. The Morgan fingerprint density at radius 1 is 0.909 bits per heavy atom. The van der Waals surface area contributed by atoms with Crippen LogP contribution in [0.25, 0.3) is 0 Å². The number of hydrogen-bond donors (Lipinski definition) is 2. The highest BCUT2D eigenvalue weighted by molar-refractivity contribution is 5.08. The number of hydrogen-bond acceptors (Lipinski definition) is 3. The molecule has 1 rings (SSSR count). The topological polar surface area (TPSA) is 45.1 Å². The van der Waals surface area contributed by atoms with Crippen LogP contribution in [0.5, 0.6) is 0 Å². The number of hydroxylamine groups is 1. The SMILES string of the molecule is ONCCC/C=C/CCCCCCCCCc1cccnc1. The van der Waals surface area contributed by atoms with E-state index in [0.717, 1.165) is 12.8 Å². The summed E-state index contributed by atoms with van der Waals surface area (Å²) in [7, 11) is 0. The molecule has 0 aromatic carbocycles. The highest BCUT2D eigenvalue weighted by Gasteiger charge is 1.94. The fraction of sp³-hybridized carbons (Fsp3) is 0.632. The quantitative estimate of drug-likeness (QED) is 0.287. The number of aryl methyl sites for hydroxylation is 1. The predicted molar refractivity (Wildman–Crippen MR) is 93.0 cm³/mol. The lowest BCUT2D eigenvalue weighted by atomic mass is 10.0. The molecule has 1 aromatic rings. The second-order valence-electron chi connectivity index (χ2n) is 5.90. The maximum atomic E-state index is 8.42. The van der Waals surface area contributed by atoms with Gasteiger partial charge in [0.05, 0.1) is 0 Å². The molecular weight excluding hydrogens is 272 g/mol. The van der Waals surface area contributed by atoms with Gasteiger partial charge >= 0.3 is 0 Å². The number of nitrogens with one attached hydrogen (secondary N) is 1. The molecule has 0 amide bonds. The highest BCUT2D eigenvalue weighted by Crippen LogP contribution is 2.11. The molecule has 124 valence electrons. The van der Waals surface area contributed by atoms with Gasteiger partial charge in [0.1, 0.15) is 0 Å². The van der Waals surface area contributed by atoms with Gasteiger partial charge in [-0.15, -0.1) is 0 Å². The van der Waals surface area contributed by atoms with Crippen LogP contribution >= 0.6 is 0 Å². The maximum absolute atomic E-state index is 8.42. The van der Waals surface area contributed by atoms with Gasteiger partial charge in [-0.1, -0.05) is 50.3 Å². The third-order valence-electron chi connectivity index (χ3n) is 3.89. The minimum absolute atomic E-state index is 0.686. The number of nitrogens with zero attached hydrogens (tertiary/aromatic N) is 1. The van der Waals surface area contributed by atoms with E-state index in [9.17, 15) is 0 Å². The van der Waals surface area contributed by atoms with Gasteiger partial charge < -0.3 is 5.21 Å². The maximum Gasteiger partial charge on any atom is 0.0299 e. The van der Waals surface area contributed by atoms with E-state index in [0.29, 0.717) is 6.54 Å². The third-order valence-corrected chi connectivity index (χ3v) is 3.89. The molecule has 0 radical (unpaired) electrons. The zero-order chi connectivity index (χ0) is 15.7. The van der Waals surface area contributed by atoms with Crippen LogP contribution in [-0.2, 0) is 6.42 Å². The molecule has 0 saturated carbocycles. The van der Waals surface area contributed by atoms with Gasteiger partial charge in [0.15, 0.2) is 0 Å². The van der Waals surface area contributed by atoms with Crippen molar-refractivity contribution in [2.24, 2.45) is 0 Å². The summed E-state index contributed by atoms with van der Waals surface area (Å²) in [5.41, 5.74) is 3.54. The number of allylic oxidation sites excluding steroid dienone is 2. The van der Waals surface area contributed by atoms with Crippen LogP contribution in [0.4, 0.5) is 0 Å². The molecule has 0 aliphatic rings. The molecule has 3 nitrogen and oxygen atoms in total. The summed E-state index contributed by atoms with van der Waals surface area (Å²) in [6.45, 7) is 0.686. The Kier molecular flexibility index (Phi) is 12.6. The van der Waals surface area contributed by atoms with E-state index in [1.54, 1.807) is 0 Å². The molecule has 0 unspecified atom stereocenters. The second kappa shape index (κ2) is 14.7. The Hall–Kier alpha value is -1.19. The smallest absolute Gasteiger partial charge is 0.0299 e. The van der Waals surface area contributed by atoms with Crippen molar-refractivity contribution in [3.8, 4) is 0 Å². The summed E-state index contributed by atoms with van der Waals surface area (Å²) in [6.07, 6.45) is 22.2. The van der Waals surface area contributed by atoms with Crippen LogP contribution in [0, 0.1) is 0 Å². The molecule has 22 heavy (non-hydrogen) atoms. The molecule has 0 saturated heterocycles. The monoisotopic (exact) mass is 304 g/mol. The summed E-state index contributed by atoms with van der Waals surface area (Å²) < 4.78 is 0. The van der Waals surface area contributed by atoms with E-state index in [-0.39, 0.29) is 0 Å². The molecule has 0 fully saturated rings. The molecule has 1 heterocycles. The first-order valence-corrected chi connectivity index (χ1v) is 8.84. The van der Waals surface area contributed by atoms with E-state index >= 15 is 0 Å². The molecule has 1 aromatic heterocycles. The first kappa shape index (κ1) is 18.9. The van der Waals surface area contributed by atoms with Crippen molar-refractivity contribution in [3.63, 3.8) is 0 Å². The zero-order valence-electron chi connectivity index (χ0n) is 13.8. The molecule has 0 atom stereocenters. The van der Waals surface area contributed by atoms with E-state index in [4.69, 9.17) is 5.21 Å². The average Bonchev–Trinajstić information content (AvgIpc) is 2.56. The van der Waals surface area contributed by atoms with E-state index in [1.165, 1.54) is 63.4 Å². The number of unbranched alkanes of at least 4 members (excludes halogenated alkanes) is 8. The molecule has 0 bridgehead atoms. The van der Waals surface area contributed by atoms with Gasteiger partial charge in [-0.3, -0.25) is 4.98 Å². The lowest BCUT2D eigenvalue weighted by Gasteiger charge is -2.02. The zero-order valence-corrected chi connectivity index (χ0v) is 13.8. The number of rotatable bonds is 14. The normalized spacial score (nSPS) is 11.3. The summed E-state index contributed by atoms with van der Waals surface area (Å²) >= 11 is 0. The van der Waals surface area contributed by atoms with Crippen LogP contribution in [0.3, 0.4) is 0 Å². The van der Waals surface area contributed by atoms with Gasteiger partial charge in [-0.25, -0.2) is 5.48 Å². The molecule has 0 aliphatic heterocycles. The first-order chi connectivity index (χ1) is 10.9. The van der Waals surface area contributed by atoms with E-state index in [1.807, 2.05) is 18.5 Å². The lowest BCUT2D eigenvalue weighted by Crippen LogP contribution is -2.07. The molecule has 2 N–H and O–H groups in total. The molecule has 3 heteroatoms. The lowest BCUT2D eigenvalue weighted by molar-refractivity contribution is 0.166. The summed E-state index contributed by atoms with van der Waals surface area (Å²) in [6, 6.07) is 4.19. The average molecular weight is 304 g/mol. The number of aromatic nitrogens is 1. The van der Waals surface area contributed by atoms with Crippen molar-refractivity contribution in [1.29, 1.82) is 0 Å². The minimum atomic E-state index is 0.686. The summed E-state index contributed by atoms with van der Waals surface area (Å²) in [4.78, 5) is 4.15. The summed E-state index contributed by atoms with van der Waals surface area (Å²) in [5, 5.41) is 8.42. The Morgan fingerprint density at radius 2 is 1.59 bits per heavy atom. The van der Waals surface area contributed by atoms with Crippen molar-refractivity contribution < 1.29 is 5.21 Å². The first-order valence-electron chi connectivity index (χ1n) is 8.84. The van der Waals surface area contributed by atoms with Crippen molar-refractivity contribution in [1.82, 2.24) is 10.5 Å². The van der Waals surface area contributed by atoms with Crippen molar-refractivity contribution >= 4 is 0 Å². The van der Waals surface area contributed by atoms with Crippen LogP contribution in [0.2, 0.25) is 0 Å². The second-order valence-corrected chi connectivity index (χ2v) is 5.90. The fourth-order valence-electron chi connectivity index (χ4n) is 2.56. The van der Waals surface area contributed by atoms with E-state index < -0.39 is 0 Å². The van der Waals surface area contributed by atoms with Crippen molar-refractivity contribution in [3.05, 3.63) is 42.2 Å². The molecule has 0 spiro atoms. The van der Waals surface area contributed by atoms with Crippen LogP contribution in [-0.4, -0.2) is 16.7 Å². The number of pyridine rings is 1. The standard InChI is InChI=1S/C19H32N2O/c22-21-17-12-10-8-6-4-2-1-3-5-7-9-11-14-19-15-13-16-20-18-19/h6,8,13,15-16,18,21-22H,1-5,7,9-12,14,17H2/b8-6+. The Bertz CT molecular complexity index is 365. The third kappa shape index (κ3) is 11.5. The summed E-state index contributed by atoms with van der Waals surface area (Å²) in [5.74, 6) is 0. The Balaban J connectivity index is 1.78.